The number of hydrogen-bond donors (Lipinski definition) is 2. The molecule has 2 N–H and O–H groups in total. The van der Waals surface area contributed by atoms with Crippen molar-refractivity contribution in [1.29, 1.82) is 0 Å². The van der Waals surface area contributed by atoms with Crippen LogP contribution in [-0.4, -0.2) is 24.7 Å². The summed E-state index contributed by atoms with van der Waals surface area (Å²) < 4.78 is 5.31. The zero-order chi connectivity index (χ0) is 16.7. The van der Waals surface area contributed by atoms with E-state index in [4.69, 9.17) is 4.52 Å². The van der Waals surface area contributed by atoms with Crippen LogP contribution in [-0.2, 0) is 13.0 Å². The summed E-state index contributed by atoms with van der Waals surface area (Å²) in [5.41, 5.74) is 3.58. The van der Waals surface area contributed by atoms with E-state index in [-0.39, 0.29) is 24.0 Å². The number of rotatable bonds is 6. The number of aliphatic imine (C=N–C) groups is 1. The number of nitrogens with one attached hydrogen (secondary N) is 2. The molecule has 0 amide bonds. The van der Waals surface area contributed by atoms with E-state index in [1.165, 1.54) is 11.1 Å². The van der Waals surface area contributed by atoms with Crippen molar-refractivity contribution in [3.63, 3.8) is 0 Å². The second-order valence-electron chi connectivity index (χ2n) is 5.96. The van der Waals surface area contributed by atoms with Gasteiger partial charge in [-0.3, -0.25) is 4.99 Å². The Morgan fingerprint density at radius 1 is 1.21 bits per heavy atom. The molecule has 2 aromatic rings. The first kappa shape index (κ1) is 20.5. The molecule has 0 aliphatic heterocycles. The van der Waals surface area contributed by atoms with Crippen LogP contribution in [0.3, 0.4) is 0 Å². The van der Waals surface area contributed by atoms with Crippen molar-refractivity contribution < 1.29 is 4.52 Å². The minimum Gasteiger partial charge on any atom is -0.359 e. The maximum absolute atomic E-state index is 5.31. The normalized spacial score (nSPS) is 11.3. The van der Waals surface area contributed by atoms with Gasteiger partial charge in [0.1, 0.15) is 0 Å². The molecule has 24 heavy (non-hydrogen) atoms. The standard InChI is InChI=1S/C18H26N4O.HI/c1-13(2)17-11-16(23-22-17)12-21-18(19-4)20-10-9-15-7-5-14(3)6-8-15;/h5-8,11,13H,9-10,12H2,1-4H3,(H2,19,20,21);1H. The Morgan fingerprint density at radius 3 is 2.50 bits per heavy atom. The van der Waals surface area contributed by atoms with E-state index in [2.05, 4.69) is 65.8 Å². The summed E-state index contributed by atoms with van der Waals surface area (Å²) >= 11 is 0. The zero-order valence-electron chi connectivity index (χ0n) is 14.8. The number of benzene rings is 1. The number of aromatic nitrogens is 1. The van der Waals surface area contributed by atoms with Crippen molar-refractivity contribution in [3.8, 4) is 0 Å². The van der Waals surface area contributed by atoms with E-state index in [1.807, 2.05) is 6.07 Å². The Bertz CT molecular complexity index is 635. The van der Waals surface area contributed by atoms with E-state index in [0.717, 1.165) is 30.4 Å². The highest BCUT2D eigenvalue weighted by molar-refractivity contribution is 14.0. The summed E-state index contributed by atoms with van der Waals surface area (Å²) in [6, 6.07) is 10.6. The molecule has 0 bridgehead atoms. The van der Waals surface area contributed by atoms with Crippen LogP contribution >= 0.6 is 24.0 Å². The van der Waals surface area contributed by atoms with Crippen LogP contribution in [0.4, 0.5) is 0 Å². The molecule has 0 saturated carbocycles. The zero-order valence-corrected chi connectivity index (χ0v) is 17.1. The molecule has 0 unspecified atom stereocenters. The average Bonchev–Trinajstić information content (AvgIpc) is 3.01. The van der Waals surface area contributed by atoms with Crippen LogP contribution in [0.1, 0.15) is 42.3 Å². The monoisotopic (exact) mass is 442 g/mol. The highest BCUT2D eigenvalue weighted by Crippen LogP contribution is 2.13. The van der Waals surface area contributed by atoms with Gasteiger partial charge in [0.2, 0.25) is 0 Å². The van der Waals surface area contributed by atoms with Crippen molar-refractivity contribution in [2.75, 3.05) is 13.6 Å². The molecule has 2 rings (SSSR count). The molecule has 1 aromatic carbocycles. The molecule has 1 aromatic heterocycles. The number of guanidine groups is 1. The summed E-state index contributed by atoms with van der Waals surface area (Å²) in [4.78, 5) is 4.22. The Morgan fingerprint density at radius 2 is 1.92 bits per heavy atom. The third-order valence-corrected chi connectivity index (χ3v) is 3.65. The van der Waals surface area contributed by atoms with Crippen molar-refractivity contribution in [3.05, 3.63) is 52.9 Å². The lowest BCUT2D eigenvalue weighted by atomic mass is 10.1. The van der Waals surface area contributed by atoms with Gasteiger partial charge in [0, 0.05) is 19.7 Å². The number of hydrogen-bond acceptors (Lipinski definition) is 3. The lowest BCUT2D eigenvalue weighted by Crippen LogP contribution is -2.37. The molecule has 5 nitrogen and oxygen atoms in total. The highest BCUT2D eigenvalue weighted by atomic mass is 127. The van der Waals surface area contributed by atoms with Gasteiger partial charge < -0.3 is 15.2 Å². The second-order valence-corrected chi connectivity index (χ2v) is 5.96. The van der Waals surface area contributed by atoms with Crippen molar-refractivity contribution in [2.24, 2.45) is 4.99 Å². The SMILES string of the molecule is CN=C(NCCc1ccc(C)cc1)NCc1cc(C(C)C)no1.I. The largest absolute Gasteiger partial charge is 0.359 e. The first-order valence-electron chi connectivity index (χ1n) is 8.04. The van der Waals surface area contributed by atoms with Crippen molar-refractivity contribution >= 4 is 29.9 Å². The third kappa shape index (κ3) is 6.51. The average molecular weight is 442 g/mol. The van der Waals surface area contributed by atoms with E-state index < -0.39 is 0 Å². The fraction of sp³-hybridized carbons (Fsp3) is 0.444. The smallest absolute Gasteiger partial charge is 0.191 e. The summed E-state index contributed by atoms with van der Waals surface area (Å²) in [7, 11) is 1.77. The molecule has 0 atom stereocenters. The Kier molecular flexibility index (Phi) is 8.81. The maximum atomic E-state index is 5.31. The van der Waals surface area contributed by atoms with Crippen molar-refractivity contribution in [2.45, 2.75) is 39.7 Å². The topological polar surface area (TPSA) is 62.5 Å². The van der Waals surface area contributed by atoms with Crippen LogP contribution < -0.4 is 10.6 Å². The molecule has 0 fully saturated rings. The molecule has 6 heteroatoms. The van der Waals surface area contributed by atoms with Gasteiger partial charge in [-0.25, -0.2) is 0 Å². The first-order chi connectivity index (χ1) is 11.1. The molecule has 0 spiro atoms. The molecule has 0 saturated heterocycles. The van der Waals surface area contributed by atoms with Gasteiger partial charge in [0.25, 0.3) is 0 Å². The van der Waals surface area contributed by atoms with Crippen molar-refractivity contribution in [1.82, 2.24) is 15.8 Å². The predicted octanol–water partition coefficient (Wildman–Crippen LogP) is 3.63. The summed E-state index contributed by atoms with van der Waals surface area (Å²) in [6.45, 7) is 7.70. The second kappa shape index (κ2) is 10.3. The van der Waals surface area contributed by atoms with E-state index in [9.17, 15) is 0 Å². The van der Waals surface area contributed by atoms with Crippen LogP contribution in [0.25, 0.3) is 0 Å². The van der Waals surface area contributed by atoms with Gasteiger partial charge in [0.15, 0.2) is 11.7 Å². The maximum Gasteiger partial charge on any atom is 0.191 e. The fourth-order valence-electron chi connectivity index (χ4n) is 2.16. The van der Waals surface area contributed by atoms with Gasteiger partial charge >= 0.3 is 0 Å². The number of nitrogens with zero attached hydrogens (tertiary/aromatic N) is 2. The first-order valence-corrected chi connectivity index (χ1v) is 8.04. The lowest BCUT2D eigenvalue weighted by Gasteiger charge is -2.10. The summed E-state index contributed by atoms with van der Waals surface area (Å²) in [6.07, 6.45) is 0.959. The van der Waals surface area contributed by atoms with Gasteiger partial charge in [-0.2, -0.15) is 0 Å². The van der Waals surface area contributed by atoms with Crippen LogP contribution in [0.15, 0.2) is 39.8 Å². The molecule has 1 heterocycles. The molecule has 0 aliphatic rings. The molecule has 0 radical (unpaired) electrons. The highest BCUT2D eigenvalue weighted by Gasteiger charge is 2.08. The Hall–Kier alpha value is -1.57. The number of halogens is 1. The third-order valence-electron chi connectivity index (χ3n) is 3.65. The summed E-state index contributed by atoms with van der Waals surface area (Å²) in [5, 5.41) is 10.6. The van der Waals surface area contributed by atoms with E-state index >= 15 is 0 Å². The number of aryl methyl sites for hydroxylation is 1. The minimum atomic E-state index is 0. The van der Waals surface area contributed by atoms with E-state index in [1.54, 1.807) is 7.05 Å². The Balaban J connectivity index is 0.00000288. The van der Waals surface area contributed by atoms with Gasteiger partial charge in [-0.15, -0.1) is 24.0 Å². The molecular weight excluding hydrogens is 415 g/mol. The van der Waals surface area contributed by atoms with Crippen LogP contribution in [0.5, 0.6) is 0 Å². The fourth-order valence-corrected chi connectivity index (χ4v) is 2.16. The van der Waals surface area contributed by atoms with Crippen LogP contribution in [0, 0.1) is 6.92 Å². The Labute approximate surface area is 161 Å². The lowest BCUT2D eigenvalue weighted by molar-refractivity contribution is 0.372. The van der Waals surface area contributed by atoms with Gasteiger partial charge in [-0.1, -0.05) is 48.8 Å². The predicted molar refractivity (Wildman–Crippen MR) is 109 cm³/mol. The minimum absolute atomic E-state index is 0. The summed E-state index contributed by atoms with van der Waals surface area (Å²) in [5.74, 6) is 1.95. The molecule has 0 aliphatic carbocycles. The quantitative estimate of drug-likeness (QED) is 0.408. The molecule has 132 valence electrons. The van der Waals surface area contributed by atoms with Gasteiger partial charge in [-0.05, 0) is 24.8 Å². The van der Waals surface area contributed by atoms with Gasteiger partial charge in [0.05, 0.1) is 12.2 Å². The van der Waals surface area contributed by atoms with Crippen LogP contribution in [0.2, 0.25) is 0 Å². The van der Waals surface area contributed by atoms with E-state index in [0.29, 0.717) is 12.5 Å². The molecular formula is C18H27IN4O.